The molecule has 1 aliphatic carbocycles. The molecular weight excluding hydrogens is 388 g/mol. The van der Waals surface area contributed by atoms with Crippen LogP contribution < -0.4 is 14.8 Å². The van der Waals surface area contributed by atoms with Crippen molar-refractivity contribution < 1.29 is 17.9 Å². The highest BCUT2D eigenvalue weighted by Gasteiger charge is 2.26. The summed E-state index contributed by atoms with van der Waals surface area (Å²) >= 11 is 0. The number of benzene rings is 1. The van der Waals surface area contributed by atoms with Gasteiger partial charge in [0.2, 0.25) is 10.0 Å². The van der Waals surface area contributed by atoms with E-state index in [1.165, 1.54) is 6.42 Å². The Bertz CT molecular complexity index is 707. The maximum atomic E-state index is 12.0. The van der Waals surface area contributed by atoms with Gasteiger partial charge < -0.3 is 14.8 Å². The predicted molar refractivity (Wildman–Crippen MR) is 117 cm³/mol. The highest BCUT2D eigenvalue weighted by molar-refractivity contribution is 7.90. The molecule has 164 valence electrons. The van der Waals surface area contributed by atoms with E-state index in [9.17, 15) is 8.42 Å². The molecule has 1 aromatic carbocycles. The minimum atomic E-state index is -3.17. The zero-order chi connectivity index (χ0) is 20.7. The van der Waals surface area contributed by atoms with Gasteiger partial charge in [0.05, 0.1) is 11.4 Å². The van der Waals surface area contributed by atoms with Crippen molar-refractivity contribution in [3.05, 3.63) is 24.3 Å². The normalized spacial score (nSPS) is 25.7. The maximum absolute atomic E-state index is 12.0. The summed E-state index contributed by atoms with van der Waals surface area (Å²) in [5, 5.41) is 3.14. The third-order valence-corrected chi connectivity index (χ3v) is 7.86. The van der Waals surface area contributed by atoms with Crippen molar-refractivity contribution in [1.29, 1.82) is 0 Å². The fourth-order valence-corrected chi connectivity index (χ4v) is 4.88. The summed E-state index contributed by atoms with van der Waals surface area (Å²) < 4.78 is 38.4. The Morgan fingerprint density at radius 2 is 1.79 bits per heavy atom. The zero-order valence-electron chi connectivity index (χ0n) is 17.7. The minimum absolute atomic E-state index is 0.0863. The number of hydrogen-bond acceptors (Lipinski definition) is 5. The van der Waals surface area contributed by atoms with Crippen LogP contribution in [0, 0.1) is 5.92 Å². The Hall–Kier alpha value is -1.31. The van der Waals surface area contributed by atoms with Gasteiger partial charge in [-0.3, -0.25) is 0 Å². The van der Waals surface area contributed by atoms with E-state index in [-0.39, 0.29) is 17.4 Å². The standard InChI is InChI=1S/C22H36N2O4S/c1-17(2)29(25,26)24-20-8-6-18(7-9-20)15-23-19-10-12-21(13-11-19)28-16-22-5-3-4-14-27-22/h10-13,17-18,20,22-24H,3-9,14-16H2,1-2H3/t18-,20-,22?. The van der Waals surface area contributed by atoms with E-state index in [4.69, 9.17) is 9.47 Å². The molecular formula is C22H36N2O4S. The lowest BCUT2D eigenvalue weighted by Crippen LogP contribution is -2.41. The lowest BCUT2D eigenvalue weighted by molar-refractivity contribution is -0.0110. The summed E-state index contributed by atoms with van der Waals surface area (Å²) in [6, 6.07) is 8.20. The van der Waals surface area contributed by atoms with Gasteiger partial charge >= 0.3 is 0 Å². The molecule has 2 aliphatic rings. The average molecular weight is 425 g/mol. The summed E-state index contributed by atoms with van der Waals surface area (Å²) in [7, 11) is -3.17. The molecule has 1 aromatic rings. The Balaban J connectivity index is 1.35. The quantitative estimate of drug-likeness (QED) is 0.628. The minimum Gasteiger partial charge on any atom is -0.491 e. The van der Waals surface area contributed by atoms with Crippen LogP contribution in [0.15, 0.2) is 24.3 Å². The van der Waals surface area contributed by atoms with E-state index in [2.05, 4.69) is 22.2 Å². The molecule has 1 atom stereocenters. The van der Waals surface area contributed by atoms with Crippen LogP contribution >= 0.6 is 0 Å². The molecule has 1 heterocycles. The Morgan fingerprint density at radius 1 is 1.07 bits per heavy atom. The number of anilines is 1. The second-order valence-electron chi connectivity index (χ2n) is 8.63. The zero-order valence-corrected chi connectivity index (χ0v) is 18.5. The second kappa shape index (κ2) is 10.6. The Kier molecular flexibility index (Phi) is 8.21. The van der Waals surface area contributed by atoms with Crippen molar-refractivity contribution in [2.75, 3.05) is 25.1 Å². The molecule has 2 fully saturated rings. The first-order valence-corrected chi connectivity index (χ1v) is 12.6. The number of sulfonamides is 1. The van der Waals surface area contributed by atoms with Gasteiger partial charge in [-0.1, -0.05) is 0 Å². The molecule has 0 amide bonds. The van der Waals surface area contributed by atoms with Crippen molar-refractivity contribution in [2.24, 2.45) is 5.92 Å². The molecule has 29 heavy (non-hydrogen) atoms. The van der Waals surface area contributed by atoms with E-state index in [0.29, 0.717) is 12.5 Å². The van der Waals surface area contributed by atoms with Crippen molar-refractivity contribution in [2.45, 2.75) is 76.2 Å². The smallest absolute Gasteiger partial charge is 0.214 e. The molecule has 2 N–H and O–H groups in total. The number of hydrogen-bond donors (Lipinski definition) is 2. The van der Waals surface area contributed by atoms with Crippen LogP contribution in [-0.4, -0.2) is 45.6 Å². The van der Waals surface area contributed by atoms with Crippen LogP contribution in [0.3, 0.4) is 0 Å². The molecule has 7 heteroatoms. The topological polar surface area (TPSA) is 76.7 Å². The molecule has 0 spiro atoms. The summed E-state index contributed by atoms with van der Waals surface area (Å²) in [5.41, 5.74) is 1.09. The van der Waals surface area contributed by atoms with Crippen LogP contribution in [0.25, 0.3) is 0 Å². The molecule has 0 bridgehead atoms. The van der Waals surface area contributed by atoms with Crippen LogP contribution in [0.5, 0.6) is 5.75 Å². The van der Waals surface area contributed by atoms with Crippen LogP contribution in [0.2, 0.25) is 0 Å². The highest BCUT2D eigenvalue weighted by Crippen LogP contribution is 2.26. The third kappa shape index (κ3) is 7.15. The van der Waals surface area contributed by atoms with Crippen LogP contribution in [-0.2, 0) is 14.8 Å². The summed E-state index contributed by atoms with van der Waals surface area (Å²) in [4.78, 5) is 0. The van der Waals surface area contributed by atoms with E-state index in [1.807, 2.05) is 12.1 Å². The first-order valence-electron chi connectivity index (χ1n) is 11.0. The predicted octanol–water partition coefficient (Wildman–Crippen LogP) is 3.93. The molecule has 0 aromatic heterocycles. The lowest BCUT2D eigenvalue weighted by atomic mass is 9.86. The van der Waals surface area contributed by atoms with E-state index in [1.54, 1.807) is 13.8 Å². The molecule has 0 radical (unpaired) electrons. The third-order valence-electron chi connectivity index (χ3n) is 5.96. The maximum Gasteiger partial charge on any atom is 0.214 e. The molecule has 1 saturated heterocycles. The Morgan fingerprint density at radius 3 is 2.41 bits per heavy atom. The van der Waals surface area contributed by atoms with Gasteiger partial charge in [-0.15, -0.1) is 0 Å². The van der Waals surface area contributed by atoms with Gasteiger partial charge in [0.1, 0.15) is 12.4 Å². The fraction of sp³-hybridized carbons (Fsp3) is 0.727. The first-order chi connectivity index (χ1) is 13.9. The largest absolute Gasteiger partial charge is 0.491 e. The summed E-state index contributed by atoms with van der Waals surface area (Å²) in [6.45, 7) is 5.83. The van der Waals surface area contributed by atoms with Crippen molar-refractivity contribution in [1.82, 2.24) is 4.72 Å². The summed E-state index contributed by atoms with van der Waals surface area (Å²) in [5.74, 6) is 1.46. The number of ether oxygens (including phenoxy) is 2. The fourth-order valence-electron chi connectivity index (χ4n) is 3.91. The Labute approximate surface area is 175 Å². The summed E-state index contributed by atoms with van der Waals surface area (Å²) in [6.07, 6.45) is 7.60. The van der Waals surface area contributed by atoms with Crippen molar-refractivity contribution in [3.8, 4) is 5.75 Å². The number of nitrogens with one attached hydrogen (secondary N) is 2. The van der Waals surface area contributed by atoms with E-state index in [0.717, 1.165) is 63.1 Å². The van der Waals surface area contributed by atoms with Gasteiger partial charge in [0.15, 0.2) is 0 Å². The van der Waals surface area contributed by atoms with Crippen LogP contribution in [0.1, 0.15) is 58.8 Å². The van der Waals surface area contributed by atoms with E-state index < -0.39 is 10.0 Å². The second-order valence-corrected chi connectivity index (χ2v) is 10.9. The monoisotopic (exact) mass is 424 g/mol. The van der Waals surface area contributed by atoms with Crippen LogP contribution in [0.4, 0.5) is 5.69 Å². The van der Waals surface area contributed by atoms with Crippen molar-refractivity contribution in [3.63, 3.8) is 0 Å². The number of rotatable bonds is 9. The van der Waals surface area contributed by atoms with Gasteiger partial charge in [-0.05, 0) is 89.0 Å². The highest BCUT2D eigenvalue weighted by atomic mass is 32.2. The first kappa shape index (κ1) is 22.4. The van der Waals surface area contributed by atoms with Gasteiger partial charge in [0.25, 0.3) is 0 Å². The van der Waals surface area contributed by atoms with Gasteiger partial charge in [-0.2, -0.15) is 0 Å². The van der Waals surface area contributed by atoms with E-state index >= 15 is 0 Å². The van der Waals surface area contributed by atoms with Crippen molar-refractivity contribution >= 4 is 15.7 Å². The molecule has 1 saturated carbocycles. The SMILES string of the molecule is CC(C)S(=O)(=O)N[C@H]1CC[C@H](CNc2ccc(OCC3CCCCO3)cc2)CC1. The average Bonchev–Trinajstić information content (AvgIpc) is 2.73. The molecule has 1 unspecified atom stereocenters. The van der Waals surface area contributed by atoms with Gasteiger partial charge in [0, 0.05) is 24.9 Å². The molecule has 3 rings (SSSR count). The lowest BCUT2D eigenvalue weighted by Gasteiger charge is -2.29. The van der Waals surface area contributed by atoms with Gasteiger partial charge in [-0.25, -0.2) is 13.1 Å². The molecule has 1 aliphatic heterocycles. The molecule has 6 nitrogen and oxygen atoms in total.